The van der Waals surface area contributed by atoms with E-state index in [-0.39, 0.29) is 48.6 Å². The van der Waals surface area contributed by atoms with Gasteiger partial charge in [0.25, 0.3) is 5.91 Å². The van der Waals surface area contributed by atoms with Gasteiger partial charge in [0, 0.05) is 0 Å². The van der Waals surface area contributed by atoms with Crippen molar-refractivity contribution in [1.29, 1.82) is 5.26 Å². The minimum absolute atomic E-state index is 0.0262. The second-order valence-corrected chi connectivity index (χ2v) is 10.1. The van der Waals surface area contributed by atoms with Crippen LogP contribution < -0.4 is 14.8 Å². The van der Waals surface area contributed by atoms with Crippen molar-refractivity contribution in [2.75, 3.05) is 18.2 Å². The van der Waals surface area contributed by atoms with Crippen LogP contribution in [-0.2, 0) is 14.6 Å². The summed E-state index contributed by atoms with van der Waals surface area (Å²) in [5, 5.41) is 18.8. The Hall–Kier alpha value is -3.73. The Morgan fingerprint density at radius 2 is 2.12 bits per heavy atom. The smallest absolute Gasteiger partial charge is 0.379 e. The monoisotopic (exact) mass is 522 g/mol. The first-order valence-corrected chi connectivity index (χ1v) is 12.2. The van der Waals surface area contributed by atoms with E-state index in [4.69, 9.17) is 25.5 Å². The van der Waals surface area contributed by atoms with Gasteiger partial charge in [0.15, 0.2) is 11.5 Å². The highest BCUT2D eigenvalue weighted by Crippen LogP contribution is 2.37. The number of hydrogen-bond acceptors (Lipinski definition) is 11. The summed E-state index contributed by atoms with van der Waals surface area (Å²) in [6, 6.07) is 7.43. The Bertz CT molecular complexity index is 1410. The fourth-order valence-corrected chi connectivity index (χ4v) is 4.69. The molecule has 0 aliphatic rings. The average Bonchev–Trinajstić information content (AvgIpc) is 3.51. The van der Waals surface area contributed by atoms with Crippen molar-refractivity contribution in [3.8, 4) is 17.6 Å². The third-order valence-corrected chi connectivity index (χ3v) is 7.42. The Morgan fingerprint density at radius 3 is 2.74 bits per heavy atom. The van der Waals surface area contributed by atoms with Crippen LogP contribution in [0.5, 0.6) is 11.5 Å². The number of nitriles is 1. The summed E-state index contributed by atoms with van der Waals surface area (Å²) in [6.45, 7) is 1.45. The van der Waals surface area contributed by atoms with E-state index in [0.29, 0.717) is 11.3 Å². The van der Waals surface area contributed by atoms with Gasteiger partial charge in [-0.15, -0.1) is 10.2 Å². The van der Waals surface area contributed by atoms with Gasteiger partial charge in [-0.1, -0.05) is 29.9 Å². The highest BCUT2D eigenvalue weighted by molar-refractivity contribution is 7.93. The number of nitrogens with one attached hydrogen (secondary N) is 1. The molecule has 0 spiro atoms. The van der Waals surface area contributed by atoms with Crippen molar-refractivity contribution in [3.63, 3.8) is 0 Å². The molecule has 176 valence electrons. The number of esters is 1. The molecule has 0 atom stereocenters. The first-order valence-electron chi connectivity index (χ1n) is 9.31. The Morgan fingerprint density at radius 1 is 1.35 bits per heavy atom. The van der Waals surface area contributed by atoms with Crippen LogP contribution in [-0.4, -0.2) is 43.4 Å². The van der Waals surface area contributed by atoms with Crippen molar-refractivity contribution in [2.45, 2.75) is 11.3 Å². The minimum Gasteiger partial charge on any atom is -0.493 e. The Kier molecular flexibility index (Phi) is 7.67. The molecule has 0 bridgehead atoms. The summed E-state index contributed by atoms with van der Waals surface area (Å²) in [5.41, 5.74) is -0.0496. The molecule has 0 saturated heterocycles. The molecular formula is C20H15ClN4O7S2. The average molecular weight is 523 g/mol. The molecule has 1 aromatic carbocycles. The lowest BCUT2D eigenvalue weighted by Gasteiger charge is -2.11. The molecule has 14 heteroatoms. The zero-order valence-electron chi connectivity index (χ0n) is 17.6. The number of furan rings is 1. The molecule has 0 aliphatic heterocycles. The number of nitrogens with zero attached hydrogens (tertiary/aromatic N) is 3. The zero-order valence-corrected chi connectivity index (χ0v) is 20.0. The number of carbonyl (C=O) groups is 2. The number of sulfone groups is 1. The van der Waals surface area contributed by atoms with Crippen molar-refractivity contribution in [1.82, 2.24) is 10.2 Å². The van der Waals surface area contributed by atoms with Gasteiger partial charge in [-0.25, -0.2) is 13.2 Å². The SMILES string of the molecule is CCS(=O)(=O)c1nnc(NC(=O)/C(C#N)=C\c2cc(Cl)c(OC(=O)c3ccco3)c(OC)c2)s1. The third-order valence-electron chi connectivity index (χ3n) is 4.12. The van der Waals surface area contributed by atoms with E-state index in [1.807, 2.05) is 0 Å². The van der Waals surface area contributed by atoms with Gasteiger partial charge in [0.1, 0.15) is 11.6 Å². The number of methoxy groups -OCH3 is 1. The van der Waals surface area contributed by atoms with Crippen molar-refractivity contribution < 1.29 is 31.9 Å². The van der Waals surface area contributed by atoms with Gasteiger partial charge in [-0.05, 0) is 35.9 Å². The van der Waals surface area contributed by atoms with Crippen molar-refractivity contribution >= 4 is 55.9 Å². The summed E-state index contributed by atoms with van der Waals surface area (Å²) in [4.78, 5) is 24.7. The zero-order chi connectivity index (χ0) is 24.9. The van der Waals surface area contributed by atoms with Gasteiger partial charge in [0.2, 0.25) is 25.1 Å². The first kappa shape index (κ1) is 24.9. The maximum Gasteiger partial charge on any atom is 0.379 e. The van der Waals surface area contributed by atoms with E-state index in [0.717, 1.165) is 0 Å². The molecule has 0 fully saturated rings. The van der Waals surface area contributed by atoms with E-state index in [2.05, 4.69) is 15.5 Å². The summed E-state index contributed by atoms with van der Waals surface area (Å²) < 4.78 is 38.9. The third kappa shape index (κ3) is 5.60. The number of anilines is 1. The summed E-state index contributed by atoms with van der Waals surface area (Å²) in [6.07, 6.45) is 2.52. The second kappa shape index (κ2) is 10.5. The fraction of sp³-hybridized carbons (Fsp3) is 0.150. The number of hydrogen-bond donors (Lipinski definition) is 1. The number of ether oxygens (including phenoxy) is 2. The van der Waals surface area contributed by atoms with Crippen LogP contribution in [0.2, 0.25) is 5.02 Å². The number of rotatable bonds is 8. The number of benzene rings is 1. The van der Waals surface area contributed by atoms with E-state index in [1.54, 1.807) is 6.07 Å². The molecular weight excluding hydrogens is 508 g/mol. The Labute approximate surface area is 202 Å². The molecule has 1 N–H and O–H groups in total. The fourth-order valence-electron chi connectivity index (χ4n) is 2.45. The topological polar surface area (TPSA) is 161 Å². The Balaban J connectivity index is 1.84. The van der Waals surface area contributed by atoms with Crippen LogP contribution in [0.15, 0.2) is 44.9 Å². The molecule has 1 amide bonds. The highest BCUT2D eigenvalue weighted by atomic mass is 35.5. The molecule has 34 heavy (non-hydrogen) atoms. The van der Waals surface area contributed by atoms with Crippen LogP contribution in [0.1, 0.15) is 23.0 Å². The molecule has 3 rings (SSSR count). The predicted octanol–water partition coefficient (Wildman–Crippen LogP) is 3.35. The summed E-state index contributed by atoms with van der Waals surface area (Å²) in [7, 11) is -2.27. The van der Waals surface area contributed by atoms with Crippen LogP contribution in [0.3, 0.4) is 0 Å². The lowest BCUT2D eigenvalue weighted by molar-refractivity contribution is -0.112. The molecule has 0 aliphatic carbocycles. The van der Waals surface area contributed by atoms with Gasteiger partial charge in [-0.3, -0.25) is 10.1 Å². The van der Waals surface area contributed by atoms with Crippen LogP contribution in [0.25, 0.3) is 6.08 Å². The van der Waals surface area contributed by atoms with E-state index in [1.165, 1.54) is 50.6 Å². The van der Waals surface area contributed by atoms with Crippen LogP contribution in [0, 0.1) is 11.3 Å². The summed E-state index contributed by atoms with van der Waals surface area (Å²) in [5.74, 6) is -1.88. The molecule has 0 radical (unpaired) electrons. The largest absolute Gasteiger partial charge is 0.493 e. The number of halogens is 1. The van der Waals surface area contributed by atoms with E-state index >= 15 is 0 Å². The predicted molar refractivity (Wildman–Crippen MR) is 122 cm³/mol. The second-order valence-electron chi connectivity index (χ2n) is 6.30. The number of amides is 1. The maximum absolute atomic E-state index is 12.5. The molecule has 0 saturated carbocycles. The molecule has 11 nitrogen and oxygen atoms in total. The lowest BCUT2D eigenvalue weighted by Crippen LogP contribution is -2.13. The lowest BCUT2D eigenvalue weighted by atomic mass is 10.1. The molecule has 3 aromatic rings. The van der Waals surface area contributed by atoms with Gasteiger partial charge >= 0.3 is 5.97 Å². The summed E-state index contributed by atoms with van der Waals surface area (Å²) >= 11 is 6.91. The molecule has 2 aromatic heterocycles. The van der Waals surface area contributed by atoms with Crippen LogP contribution >= 0.6 is 22.9 Å². The first-order chi connectivity index (χ1) is 16.2. The van der Waals surface area contributed by atoms with Gasteiger partial charge < -0.3 is 13.9 Å². The quantitative estimate of drug-likeness (QED) is 0.152. The number of aromatic nitrogens is 2. The van der Waals surface area contributed by atoms with E-state index < -0.39 is 21.7 Å². The van der Waals surface area contributed by atoms with Crippen molar-refractivity contribution in [3.05, 3.63) is 52.4 Å². The standard InChI is InChI=1S/C20H15ClN4O7S2/c1-3-34(28,29)20-25-24-19(33-20)23-17(26)12(10-22)7-11-8-13(21)16(15(9-11)30-2)32-18(27)14-5-4-6-31-14/h4-9H,3H2,1-2H3,(H,23,24,26)/b12-7-. The van der Waals surface area contributed by atoms with Gasteiger partial charge in [0.05, 0.1) is 24.1 Å². The normalized spacial score (nSPS) is 11.5. The van der Waals surface area contributed by atoms with Gasteiger partial charge in [-0.2, -0.15) is 5.26 Å². The molecule has 2 heterocycles. The number of carbonyl (C=O) groups excluding carboxylic acids is 2. The van der Waals surface area contributed by atoms with Crippen molar-refractivity contribution in [2.24, 2.45) is 0 Å². The molecule has 0 unspecified atom stereocenters. The van der Waals surface area contributed by atoms with E-state index in [9.17, 15) is 23.3 Å². The maximum atomic E-state index is 12.5. The van der Waals surface area contributed by atoms with Crippen LogP contribution in [0.4, 0.5) is 5.13 Å². The highest BCUT2D eigenvalue weighted by Gasteiger charge is 2.21. The minimum atomic E-state index is -3.58.